The fourth-order valence-electron chi connectivity index (χ4n) is 2.85. The molecular weight excluding hydrogens is 356 g/mol. The van der Waals surface area contributed by atoms with E-state index in [1.165, 1.54) is 16.8 Å². The summed E-state index contributed by atoms with van der Waals surface area (Å²) in [5.41, 5.74) is 5.79. The number of nitrogens with zero attached hydrogens (tertiary/aromatic N) is 2. The Hall–Kier alpha value is -2.30. The summed E-state index contributed by atoms with van der Waals surface area (Å²) in [6.45, 7) is 5.76. The molecule has 0 fully saturated rings. The number of anilines is 1. The van der Waals surface area contributed by atoms with E-state index in [2.05, 4.69) is 46.5 Å². The summed E-state index contributed by atoms with van der Waals surface area (Å²) in [7, 11) is 3.90. The largest absolute Gasteiger partial charge is 0.388 e. The van der Waals surface area contributed by atoms with Crippen molar-refractivity contribution in [3.05, 3.63) is 76.1 Å². The number of likely N-dealkylation sites (N-methyl/N-ethyl adjacent to an activating group) is 1. The fourth-order valence-corrected chi connectivity index (χ4v) is 3.05. The smallest absolute Gasteiger partial charge is 0.0883 e. The van der Waals surface area contributed by atoms with Gasteiger partial charge in [-0.1, -0.05) is 35.9 Å². The summed E-state index contributed by atoms with van der Waals surface area (Å²) in [5.74, 6) is 0. The van der Waals surface area contributed by atoms with Gasteiger partial charge in [0.2, 0.25) is 0 Å². The van der Waals surface area contributed by atoms with Crippen LogP contribution in [0.5, 0.6) is 0 Å². The monoisotopic (exact) mass is 384 g/mol. The molecule has 0 radical (unpaired) electrons. The van der Waals surface area contributed by atoms with Crippen molar-refractivity contribution in [1.82, 2.24) is 15.1 Å². The summed E-state index contributed by atoms with van der Waals surface area (Å²) in [5, 5.41) is 11.9. The van der Waals surface area contributed by atoms with Gasteiger partial charge in [0.15, 0.2) is 0 Å². The van der Waals surface area contributed by atoms with Crippen LogP contribution in [0.1, 0.15) is 29.4 Å². The van der Waals surface area contributed by atoms with Crippen LogP contribution in [-0.2, 0) is 13.0 Å². The zero-order valence-electron chi connectivity index (χ0n) is 16.6. The van der Waals surface area contributed by atoms with E-state index in [0.717, 1.165) is 30.9 Å². The maximum Gasteiger partial charge on any atom is 0.0883 e. The second-order valence-electron chi connectivity index (χ2n) is 6.33. The predicted molar refractivity (Wildman–Crippen MR) is 117 cm³/mol. The van der Waals surface area contributed by atoms with Gasteiger partial charge in [0, 0.05) is 36.4 Å². The molecule has 0 aliphatic carbocycles. The topological polar surface area (TPSA) is 41.9 Å². The van der Waals surface area contributed by atoms with Gasteiger partial charge in [-0.2, -0.15) is 5.10 Å². The third-order valence-corrected chi connectivity index (χ3v) is 4.63. The number of rotatable bonds is 9. The maximum atomic E-state index is 6.11. The van der Waals surface area contributed by atoms with E-state index in [9.17, 15) is 0 Å². The third-order valence-electron chi connectivity index (χ3n) is 4.38. The highest BCUT2D eigenvalue weighted by atomic mass is 35.5. The standard InChI is InChI=1S/C22H29ClN4/c1-5-7-19(23)8-6-9-21-17(2)22(14-15-24-3)27(26-21)16-18-10-12-20(25-4)13-11-18/h5-13,24-25H,14-16H2,1-4H3/b7-5-,9-6+,19-8+. The Morgan fingerprint density at radius 1 is 1.22 bits per heavy atom. The lowest BCUT2D eigenvalue weighted by molar-refractivity contribution is 0.628. The Labute approximate surface area is 167 Å². The molecule has 0 saturated carbocycles. The lowest BCUT2D eigenvalue weighted by atomic mass is 10.1. The van der Waals surface area contributed by atoms with E-state index in [-0.39, 0.29) is 0 Å². The van der Waals surface area contributed by atoms with Crippen LogP contribution in [0.4, 0.5) is 5.69 Å². The molecule has 1 aromatic carbocycles. The molecule has 1 heterocycles. The summed E-state index contributed by atoms with van der Waals surface area (Å²) >= 11 is 6.11. The van der Waals surface area contributed by atoms with Crippen molar-refractivity contribution >= 4 is 23.4 Å². The Morgan fingerprint density at radius 3 is 2.59 bits per heavy atom. The highest BCUT2D eigenvalue weighted by molar-refractivity contribution is 6.31. The predicted octanol–water partition coefficient (Wildman–Crippen LogP) is 4.76. The molecule has 0 unspecified atom stereocenters. The van der Waals surface area contributed by atoms with Crippen molar-refractivity contribution < 1.29 is 0 Å². The van der Waals surface area contributed by atoms with Crippen LogP contribution in [-0.4, -0.2) is 30.4 Å². The summed E-state index contributed by atoms with van der Waals surface area (Å²) in [4.78, 5) is 0. The zero-order chi connectivity index (χ0) is 19.6. The lowest BCUT2D eigenvalue weighted by Crippen LogP contribution is -2.15. The molecule has 0 aliphatic rings. The number of hydrogen-bond donors (Lipinski definition) is 2. The van der Waals surface area contributed by atoms with Crippen LogP contribution < -0.4 is 10.6 Å². The number of halogens is 1. The summed E-state index contributed by atoms with van der Waals surface area (Å²) in [6.07, 6.45) is 10.6. The molecule has 0 spiro atoms. The van der Waals surface area contributed by atoms with E-state index >= 15 is 0 Å². The number of benzene rings is 1. The molecule has 0 amide bonds. The first-order valence-corrected chi connectivity index (χ1v) is 9.61. The Bertz CT molecular complexity index is 814. The van der Waals surface area contributed by atoms with Crippen LogP contribution >= 0.6 is 11.6 Å². The number of hydrogen-bond acceptors (Lipinski definition) is 3. The van der Waals surface area contributed by atoms with Crippen molar-refractivity contribution in [3.8, 4) is 0 Å². The SMILES string of the molecule is C\C=C/C(Cl)=C\C=C\c1nn(Cc2ccc(NC)cc2)c(CCNC)c1C. The van der Waals surface area contributed by atoms with Crippen molar-refractivity contribution in [2.75, 3.05) is 26.0 Å². The van der Waals surface area contributed by atoms with Crippen LogP contribution in [0.2, 0.25) is 0 Å². The van der Waals surface area contributed by atoms with Crippen LogP contribution in [0.3, 0.4) is 0 Å². The van der Waals surface area contributed by atoms with Gasteiger partial charge in [-0.15, -0.1) is 0 Å². The highest BCUT2D eigenvalue weighted by Crippen LogP contribution is 2.18. The average molecular weight is 385 g/mol. The van der Waals surface area contributed by atoms with Gasteiger partial charge >= 0.3 is 0 Å². The minimum absolute atomic E-state index is 0.700. The van der Waals surface area contributed by atoms with Gasteiger partial charge in [0.25, 0.3) is 0 Å². The van der Waals surface area contributed by atoms with Crippen molar-refractivity contribution in [2.24, 2.45) is 0 Å². The van der Waals surface area contributed by atoms with E-state index in [4.69, 9.17) is 16.7 Å². The normalized spacial score (nSPS) is 12.4. The highest BCUT2D eigenvalue weighted by Gasteiger charge is 2.12. The van der Waals surface area contributed by atoms with Crippen molar-refractivity contribution in [3.63, 3.8) is 0 Å². The van der Waals surface area contributed by atoms with Gasteiger partial charge < -0.3 is 10.6 Å². The van der Waals surface area contributed by atoms with E-state index in [0.29, 0.717) is 5.03 Å². The van der Waals surface area contributed by atoms with Crippen molar-refractivity contribution in [2.45, 2.75) is 26.8 Å². The van der Waals surface area contributed by atoms with Crippen LogP contribution in [0.25, 0.3) is 6.08 Å². The quantitative estimate of drug-likeness (QED) is 0.613. The molecule has 2 N–H and O–H groups in total. The van der Waals surface area contributed by atoms with Gasteiger partial charge in [-0.05, 0) is 62.4 Å². The molecule has 27 heavy (non-hydrogen) atoms. The van der Waals surface area contributed by atoms with Gasteiger partial charge in [-0.3, -0.25) is 4.68 Å². The maximum absolute atomic E-state index is 6.11. The molecular formula is C22H29ClN4. The molecule has 0 aliphatic heterocycles. The van der Waals surface area contributed by atoms with Crippen LogP contribution in [0, 0.1) is 6.92 Å². The van der Waals surface area contributed by atoms with Gasteiger partial charge in [0.05, 0.1) is 12.2 Å². The first-order valence-electron chi connectivity index (χ1n) is 9.23. The van der Waals surface area contributed by atoms with E-state index < -0.39 is 0 Å². The molecule has 2 rings (SSSR count). The number of nitrogens with one attached hydrogen (secondary N) is 2. The Kier molecular flexibility index (Phi) is 8.37. The molecule has 0 bridgehead atoms. The molecule has 144 valence electrons. The number of allylic oxidation sites excluding steroid dienone is 5. The Balaban J connectivity index is 2.28. The van der Waals surface area contributed by atoms with E-state index in [1.54, 1.807) is 0 Å². The molecule has 2 aromatic rings. The van der Waals surface area contributed by atoms with Crippen molar-refractivity contribution in [1.29, 1.82) is 0 Å². The lowest BCUT2D eigenvalue weighted by Gasteiger charge is -2.09. The first-order chi connectivity index (χ1) is 13.1. The second kappa shape index (κ2) is 10.8. The van der Waals surface area contributed by atoms with E-state index in [1.807, 2.05) is 51.4 Å². The molecule has 0 saturated heterocycles. The third kappa shape index (κ3) is 6.12. The summed E-state index contributed by atoms with van der Waals surface area (Å²) < 4.78 is 2.11. The minimum atomic E-state index is 0.700. The minimum Gasteiger partial charge on any atom is -0.388 e. The first kappa shape index (κ1) is 21.0. The second-order valence-corrected chi connectivity index (χ2v) is 6.76. The molecule has 5 heteroatoms. The molecule has 1 aromatic heterocycles. The summed E-state index contributed by atoms with van der Waals surface area (Å²) in [6, 6.07) is 8.46. The van der Waals surface area contributed by atoms with Gasteiger partial charge in [0.1, 0.15) is 0 Å². The molecule has 4 nitrogen and oxygen atoms in total. The van der Waals surface area contributed by atoms with Crippen LogP contribution in [0.15, 0.2) is 53.6 Å². The fraction of sp³-hybridized carbons (Fsp3) is 0.318. The number of aromatic nitrogens is 2. The van der Waals surface area contributed by atoms with Gasteiger partial charge in [-0.25, -0.2) is 0 Å². The zero-order valence-corrected chi connectivity index (χ0v) is 17.3. The molecule has 0 atom stereocenters. The Morgan fingerprint density at radius 2 is 1.96 bits per heavy atom. The average Bonchev–Trinajstić information content (AvgIpc) is 2.95.